The minimum atomic E-state index is 0.106. The number of nitrogens with one attached hydrogen (secondary N) is 1. The Morgan fingerprint density at radius 3 is 2.59 bits per heavy atom. The summed E-state index contributed by atoms with van der Waals surface area (Å²) in [5.41, 5.74) is 2.09. The molecule has 2 aromatic rings. The number of likely N-dealkylation sites (tertiary alicyclic amines) is 1. The number of benzene rings is 1. The van der Waals surface area contributed by atoms with Crippen LogP contribution < -0.4 is 5.32 Å². The molecule has 2 saturated heterocycles. The summed E-state index contributed by atoms with van der Waals surface area (Å²) in [6.45, 7) is 4.25. The van der Waals surface area contributed by atoms with E-state index in [0.29, 0.717) is 17.4 Å². The normalized spacial score (nSPS) is 20.0. The number of aryl methyl sites for hydroxylation is 1. The molecular formula is C24H31N3O2. The topological polar surface area (TPSA) is 54.5 Å². The van der Waals surface area contributed by atoms with Gasteiger partial charge in [0.1, 0.15) is 5.82 Å². The number of ether oxygens (including phenoxy) is 1. The molecule has 1 atom stereocenters. The van der Waals surface area contributed by atoms with Gasteiger partial charge in [-0.3, -0.25) is 4.79 Å². The van der Waals surface area contributed by atoms with Crippen LogP contribution in [0.4, 0.5) is 5.82 Å². The van der Waals surface area contributed by atoms with Crippen molar-refractivity contribution in [3.05, 3.63) is 59.8 Å². The van der Waals surface area contributed by atoms with Crippen LogP contribution in [0.3, 0.4) is 0 Å². The average molecular weight is 394 g/mol. The van der Waals surface area contributed by atoms with Crippen molar-refractivity contribution in [1.82, 2.24) is 9.88 Å². The van der Waals surface area contributed by atoms with Gasteiger partial charge in [-0.15, -0.1) is 0 Å². The summed E-state index contributed by atoms with van der Waals surface area (Å²) in [5.74, 6) is 2.20. The van der Waals surface area contributed by atoms with Gasteiger partial charge in [-0.1, -0.05) is 30.3 Å². The first-order valence-electron chi connectivity index (χ1n) is 10.9. The molecule has 5 nitrogen and oxygen atoms in total. The van der Waals surface area contributed by atoms with E-state index >= 15 is 0 Å². The van der Waals surface area contributed by atoms with Gasteiger partial charge in [0.05, 0.1) is 12.2 Å². The highest BCUT2D eigenvalue weighted by molar-refractivity contribution is 5.94. The lowest BCUT2D eigenvalue weighted by Gasteiger charge is -2.32. The summed E-state index contributed by atoms with van der Waals surface area (Å²) in [5, 5.41) is 3.35. The largest absolute Gasteiger partial charge is 0.381 e. The molecule has 2 fully saturated rings. The second kappa shape index (κ2) is 9.88. The van der Waals surface area contributed by atoms with Crippen LogP contribution in [0.5, 0.6) is 0 Å². The third kappa shape index (κ3) is 5.57. The van der Waals surface area contributed by atoms with Crippen LogP contribution in [-0.4, -0.2) is 48.6 Å². The molecule has 1 amide bonds. The minimum Gasteiger partial charge on any atom is -0.381 e. The number of carbonyl (C=O) groups is 1. The quantitative estimate of drug-likeness (QED) is 0.772. The molecule has 4 rings (SSSR count). The van der Waals surface area contributed by atoms with Gasteiger partial charge in [0.25, 0.3) is 5.91 Å². The molecule has 1 aromatic heterocycles. The predicted molar refractivity (Wildman–Crippen MR) is 115 cm³/mol. The van der Waals surface area contributed by atoms with Gasteiger partial charge in [0.2, 0.25) is 0 Å². The molecule has 1 aromatic carbocycles. The van der Waals surface area contributed by atoms with Gasteiger partial charge in [-0.25, -0.2) is 4.98 Å². The first-order valence-corrected chi connectivity index (χ1v) is 10.9. The minimum absolute atomic E-state index is 0.106. The zero-order chi connectivity index (χ0) is 19.9. The number of piperidine rings is 1. The number of nitrogens with zero attached hydrogens (tertiary/aromatic N) is 2. The Morgan fingerprint density at radius 2 is 1.90 bits per heavy atom. The van der Waals surface area contributed by atoms with E-state index in [4.69, 9.17) is 4.74 Å². The number of carbonyl (C=O) groups excluding carboxylic acids is 1. The highest BCUT2D eigenvalue weighted by atomic mass is 16.5. The van der Waals surface area contributed by atoms with Crippen molar-refractivity contribution in [3.8, 4) is 0 Å². The van der Waals surface area contributed by atoms with Crippen LogP contribution in [0.1, 0.15) is 41.6 Å². The monoisotopic (exact) mass is 393 g/mol. The first-order chi connectivity index (χ1) is 14.3. The SMILES string of the molecule is O=C(c1ccc(NCC2CCOC2)nc1)N1CCC(CCc2ccccc2)CC1. The van der Waals surface area contributed by atoms with Crippen LogP contribution in [-0.2, 0) is 11.2 Å². The van der Waals surface area contributed by atoms with Crippen molar-refractivity contribution >= 4 is 11.7 Å². The Labute approximate surface area is 173 Å². The highest BCUT2D eigenvalue weighted by Gasteiger charge is 2.23. The molecule has 2 aliphatic heterocycles. The lowest BCUT2D eigenvalue weighted by atomic mass is 9.90. The maximum atomic E-state index is 12.8. The highest BCUT2D eigenvalue weighted by Crippen LogP contribution is 2.24. The van der Waals surface area contributed by atoms with E-state index in [1.807, 2.05) is 17.0 Å². The van der Waals surface area contributed by atoms with Crippen molar-refractivity contribution in [1.29, 1.82) is 0 Å². The van der Waals surface area contributed by atoms with Gasteiger partial charge in [-0.2, -0.15) is 0 Å². The van der Waals surface area contributed by atoms with Gasteiger partial charge >= 0.3 is 0 Å². The summed E-state index contributed by atoms with van der Waals surface area (Å²) >= 11 is 0. The molecule has 154 valence electrons. The molecule has 0 spiro atoms. The number of hydrogen-bond acceptors (Lipinski definition) is 4. The van der Waals surface area contributed by atoms with Crippen molar-refractivity contribution in [3.63, 3.8) is 0 Å². The molecule has 2 aliphatic rings. The maximum Gasteiger partial charge on any atom is 0.255 e. The summed E-state index contributed by atoms with van der Waals surface area (Å²) in [6.07, 6.45) is 7.33. The Morgan fingerprint density at radius 1 is 1.07 bits per heavy atom. The Hall–Kier alpha value is -2.40. The van der Waals surface area contributed by atoms with Crippen molar-refractivity contribution in [2.24, 2.45) is 11.8 Å². The fourth-order valence-electron chi connectivity index (χ4n) is 4.24. The molecule has 1 N–H and O–H groups in total. The fraction of sp³-hybridized carbons (Fsp3) is 0.500. The van der Waals surface area contributed by atoms with Gasteiger partial charge in [0.15, 0.2) is 0 Å². The Balaban J connectivity index is 1.21. The lowest BCUT2D eigenvalue weighted by Crippen LogP contribution is -2.38. The Kier molecular flexibility index (Phi) is 6.78. The zero-order valence-corrected chi connectivity index (χ0v) is 17.1. The average Bonchev–Trinajstić information content (AvgIpc) is 3.31. The first kappa shape index (κ1) is 19.9. The summed E-state index contributed by atoms with van der Waals surface area (Å²) < 4.78 is 5.40. The predicted octanol–water partition coefficient (Wildman–Crippen LogP) is 4.02. The second-order valence-electron chi connectivity index (χ2n) is 8.30. The molecule has 0 saturated carbocycles. The molecule has 5 heteroatoms. The van der Waals surface area contributed by atoms with Crippen molar-refractivity contribution < 1.29 is 9.53 Å². The van der Waals surface area contributed by atoms with E-state index < -0.39 is 0 Å². The maximum absolute atomic E-state index is 12.8. The van der Waals surface area contributed by atoms with E-state index in [-0.39, 0.29) is 5.91 Å². The van der Waals surface area contributed by atoms with Gasteiger partial charge in [0, 0.05) is 38.4 Å². The van der Waals surface area contributed by atoms with E-state index in [2.05, 4.69) is 40.6 Å². The van der Waals surface area contributed by atoms with E-state index in [1.54, 1.807) is 6.20 Å². The molecule has 0 bridgehead atoms. The number of rotatable bonds is 7. The third-order valence-corrected chi connectivity index (χ3v) is 6.19. The van der Waals surface area contributed by atoms with Crippen LogP contribution in [0.15, 0.2) is 48.7 Å². The lowest BCUT2D eigenvalue weighted by molar-refractivity contribution is 0.0686. The standard InChI is InChI=1S/C24H31N3O2/c28-24(22-8-9-23(26-17-22)25-16-21-12-15-29-18-21)27-13-10-20(11-14-27)7-6-19-4-2-1-3-5-19/h1-5,8-9,17,20-21H,6-7,10-16,18H2,(H,25,26). The number of amides is 1. The molecule has 3 heterocycles. The van der Waals surface area contributed by atoms with Crippen LogP contribution in [0.2, 0.25) is 0 Å². The second-order valence-corrected chi connectivity index (χ2v) is 8.30. The Bertz CT molecular complexity index is 764. The van der Waals surface area contributed by atoms with Gasteiger partial charge < -0.3 is 15.0 Å². The van der Waals surface area contributed by atoms with Crippen molar-refractivity contribution in [2.75, 3.05) is 38.2 Å². The molecule has 0 aliphatic carbocycles. The molecule has 29 heavy (non-hydrogen) atoms. The summed E-state index contributed by atoms with van der Waals surface area (Å²) in [4.78, 5) is 19.2. The molecular weight excluding hydrogens is 362 g/mol. The number of anilines is 1. The van der Waals surface area contributed by atoms with E-state index in [9.17, 15) is 4.79 Å². The van der Waals surface area contributed by atoms with E-state index in [0.717, 1.165) is 64.3 Å². The zero-order valence-electron chi connectivity index (χ0n) is 17.1. The van der Waals surface area contributed by atoms with Crippen molar-refractivity contribution in [2.45, 2.75) is 32.1 Å². The summed E-state index contributed by atoms with van der Waals surface area (Å²) in [7, 11) is 0. The smallest absolute Gasteiger partial charge is 0.255 e. The molecule has 0 radical (unpaired) electrons. The summed E-state index contributed by atoms with van der Waals surface area (Å²) in [6, 6.07) is 14.5. The third-order valence-electron chi connectivity index (χ3n) is 6.19. The van der Waals surface area contributed by atoms with Gasteiger partial charge in [-0.05, 0) is 55.7 Å². The van der Waals surface area contributed by atoms with Crippen LogP contribution >= 0.6 is 0 Å². The number of hydrogen-bond donors (Lipinski definition) is 1. The van der Waals surface area contributed by atoms with E-state index in [1.165, 1.54) is 12.0 Å². The van der Waals surface area contributed by atoms with Crippen LogP contribution in [0, 0.1) is 11.8 Å². The fourth-order valence-corrected chi connectivity index (χ4v) is 4.24. The molecule has 1 unspecified atom stereocenters. The number of pyridine rings is 1. The van der Waals surface area contributed by atoms with Crippen LogP contribution in [0.25, 0.3) is 0 Å². The number of aromatic nitrogens is 1.